The van der Waals surface area contributed by atoms with Gasteiger partial charge in [-0.05, 0) is 48.7 Å². The van der Waals surface area contributed by atoms with Crippen molar-refractivity contribution in [3.63, 3.8) is 0 Å². The molecule has 2 aromatic rings. The third-order valence-electron chi connectivity index (χ3n) is 6.62. The van der Waals surface area contributed by atoms with Crippen LogP contribution in [0.4, 0.5) is 32.0 Å². The van der Waals surface area contributed by atoms with Gasteiger partial charge in [-0.1, -0.05) is 12.1 Å². The number of benzene rings is 2. The van der Waals surface area contributed by atoms with Gasteiger partial charge in [0.05, 0.1) is 30.3 Å². The van der Waals surface area contributed by atoms with Crippen LogP contribution in [0.25, 0.3) is 0 Å². The van der Waals surface area contributed by atoms with E-state index in [2.05, 4.69) is 10.2 Å². The number of carbonyl (C=O) groups excluding carboxylic acids is 2. The number of morpholine rings is 1. The number of anilines is 1. The van der Waals surface area contributed by atoms with E-state index in [1.54, 1.807) is 6.07 Å². The Morgan fingerprint density at radius 1 is 0.921 bits per heavy atom. The van der Waals surface area contributed by atoms with E-state index in [9.17, 15) is 35.9 Å². The maximum atomic E-state index is 13.2. The van der Waals surface area contributed by atoms with Crippen molar-refractivity contribution >= 4 is 17.5 Å². The number of likely N-dealkylation sites (tertiary alicyclic amines) is 1. The topological polar surface area (TPSA) is 61.9 Å². The number of piperidine rings is 1. The van der Waals surface area contributed by atoms with Crippen molar-refractivity contribution in [3.05, 3.63) is 64.7 Å². The molecule has 2 heterocycles. The van der Waals surface area contributed by atoms with Crippen LogP contribution in [0.1, 0.15) is 39.9 Å². The van der Waals surface area contributed by atoms with Crippen molar-refractivity contribution in [2.45, 2.75) is 31.7 Å². The number of hydrogen-bond acceptors (Lipinski definition) is 4. The highest BCUT2D eigenvalue weighted by Gasteiger charge is 2.38. The lowest BCUT2D eigenvalue weighted by molar-refractivity contribution is -0.143. The predicted octanol–water partition coefficient (Wildman–Crippen LogP) is 5.05. The van der Waals surface area contributed by atoms with Crippen LogP contribution in [-0.4, -0.2) is 61.0 Å². The minimum Gasteiger partial charge on any atom is -0.379 e. The highest BCUT2D eigenvalue weighted by atomic mass is 19.4. The molecular formula is C26H27F6N3O3. The van der Waals surface area contributed by atoms with Crippen LogP contribution in [0, 0.1) is 5.92 Å². The van der Waals surface area contributed by atoms with Gasteiger partial charge in [0.2, 0.25) is 5.91 Å². The predicted molar refractivity (Wildman–Crippen MR) is 126 cm³/mol. The summed E-state index contributed by atoms with van der Waals surface area (Å²) in [5.41, 5.74) is -2.27. The molecular weight excluding hydrogens is 516 g/mol. The lowest BCUT2D eigenvalue weighted by Gasteiger charge is -2.32. The van der Waals surface area contributed by atoms with Crippen LogP contribution in [0.2, 0.25) is 0 Å². The number of rotatable bonds is 5. The van der Waals surface area contributed by atoms with Gasteiger partial charge in [-0.15, -0.1) is 0 Å². The summed E-state index contributed by atoms with van der Waals surface area (Å²) in [5.74, 6) is -2.01. The monoisotopic (exact) mass is 543 g/mol. The zero-order valence-corrected chi connectivity index (χ0v) is 20.4. The van der Waals surface area contributed by atoms with Gasteiger partial charge in [-0.25, -0.2) is 0 Å². The van der Waals surface area contributed by atoms with Gasteiger partial charge in [-0.3, -0.25) is 14.5 Å². The van der Waals surface area contributed by atoms with Crippen molar-refractivity contribution < 1.29 is 40.7 Å². The normalized spacial score (nSPS) is 19.3. The Kier molecular flexibility index (Phi) is 8.31. The average Bonchev–Trinajstić information content (AvgIpc) is 2.88. The average molecular weight is 544 g/mol. The Balaban J connectivity index is 1.44. The number of amides is 2. The molecule has 0 saturated carbocycles. The molecule has 2 aromatic carbocycles. The summed E-state index contributed by atoms with van der Waals surface area (Å²) < 4.78 is 84.7. The summed E-state index contributed by atoms with van der Waals surface area (Å²) in [5, 5.41) is 2.83. The smallest absolute Gasteiger partial charge is 0.379 e. The molecule has 6 nitrogen and oxygen atoms in total. The zero-order valence-electron chi connectivity index (χ0n) is 20.4. The first-order valence-corrected chi connectivity index (χ1v) is 12.2. The molecule has 38 heavy (non-hydrogen) atoms. The lowest BCUT2D eigenvalue weighted by atomic mass is 9.95. The molecule has 1 atom stereocenters. The number of halogens is 6. The number of nitrogens with zero attached hydrogens (tertiary/aromatic N) is 2. The molecule has 0 radical (unpaired) electrons. The van der Waals surface area contributed by atoms with Gasteiger partial charge in [0.15, 0.2) is 0 Å². The van der Waals surface area contributed by atoms with Gasteiger partial charge in [-0.2, -0.15) is 26.3 Å². The number of ether oxygens (including phenoxy) is 1. The van der Waals surface area contributed by atoms with Gasteiger partial charge < -0.3 is 15.0 Å². The van der Waals surface area contributed by atoms with E-state index in [4.69, 9.17) is 4.74 Å². The maximum Gasteiger partial charge on any atom is 0.416 e. The quantitative estimate of drug-likeness (QED) is 0.537. The molecule has 4 rings (SSSR count). The minimum absolute atomic E-state index is 0.0174. The fraction of sp³-hybridized carbons (Fsp3) is 0.462. The van der Waals surface area contributed by atoms with Crippen molar-refractivity contribution in [1.29, 1.82) is 0 Å². The van der Waals surface area contributed by atoms with Crippen molar-refractivity contribution in [3.8, 4) is 0 Å². The molecule has 2 fully saturated rings. The molecule has 0 aromatic heterocycles. The molecule has 2 aliphatic heterocycles. The molecule has 2 saturated heterocycles. The van der Waals surface area contributed by atoms with Crippen LogP contribution in [0.3, 0.4) is 0 Å². The summed E-state index contributed by atoms with van der Waals surface area (Å²) in [6.07, 6.45) is -9.31. The van der Waals surface area contributed by atoms with E-state index in [0.717, 1.165) is 23.6 Å². The van der Waals surface area contributed by atoms with Crippen molar-refractivity contribution in [1.82, 2.24) is 9.80 Å². The van der Waals surface area contributed by atoms with Crippen molar-refractivity contribution in [2.24, 2.45) is 5.92 Å². The van der Waals surface area contributed by atoms with Gasteiger partial charge in [0.1, 0.15) is 0 Å². The molecule has 206 valence electrons. The molecule has 0 aliphatic carbocycles. The largest absolute Gasteiger partial charge is 0.416 e. The second kappa shape index (κ2) is 11.3. The first-order valence-electron chi connectivity index (χ1n) is 12.2. The van der Waals surface area contributed by atoms with Crippen LogP contribution >= 0.6 is 0 Å². The Hall–Kier alpha value is -3.12. The minimum atomic E-state index is -5.06. The van der Waals surface area contributed by atoms with E-state index in [0.29, 0.717) is 50.4 Å². The number of carbonyl (C=O) groups is 2. The second-order valence-corrected chi connectivity index (χ2v) is 9.46. The Labute approximate surface area is 215 Å². The SMILES string of the molecule is O=C(Nc1cccc(CN2CCOCC2)c1)C1CCCN(C(=O)c2cc(C(F)(F)F)cc(C(F)(F)F)c2)C1. The zero-order chi connectivity index (χ0) is 27.5. The van der Waals surface area contributed by atoms with Crippen molar-refractivity contribution in [2.75, 3.05) is 44.7 Å². The Morgan fingerprint density at radius 3 is 2.21 bits per heavy atom. The summed E-state index contributed by atoms with van der Waals surface area (Å²) in [6.45, 7) is 3.62. The maximum absolute atomic E-state index is 13.2. The standard InChI is InChI=1S/C26H27F6N3O3/c27-25(28,29)20-12-19(13-21(14-20)26(30,31)32)24(37)35-6-2-4-18(16-35)23(36)33-22-5-1-3-17(11-22)15-34-7-9-38-10-8-34/h1,3,5,11-14,18H,2,4,6-10,15-16H2,(H,33,36). The van der Waals surface area contributed by atoms with Crippen LogP contribution in [0.5, 0.6) is 0 Å². The van der Waals surface area contributed by atoms with E-state index in [-0.39, 0.29) is 25.1 Å². The first-order chi connectivity index (χ1) is 17.9. The third kappa shape index (κ3) is 7.04. The van der Waals surface area contributed by atoms with Gasteiger partial charge in [0, 0.05) is 44.0 Å². The summed E-state index contributed by atoms with van der Waals surface area (Å²) in [4.78, 5) is 29.3. The molecule has 0 bridgehead atoms. The van der Waals surface area contributed by atoms with Crippen LogP contribution < -0.4 is 5.32 Å². The summed E-state index contributed by atoms with van der Waals surface area (Å²) >= 11 is 0. The molecule has 2 amide bonds. The fourth-order valence-electron chi connectivity index (χ4n) is 4.65. The Morgan fingerprint density at radius 2 is 1.58 bits per heavy atom. The summed E-state index contributed by atoms with van der Waals surface area (Å²) in [7, 11) is 0. The highest BCUT2D eigenvalue weighted by Crippen LogP contribution is 2.37. The molecule has 1 unspecified atom stereocenters. The molecule has 1 N–H and O–H groups in total. The van der Waals surface area contributed by atoms with E-state index >= 15 is 0 Å². The van der Waals surface area contributed by atoms with Gasteiger partial charge >= 0.3 is 12.4 Å². The van der Waals surface area contributed by atoms with Crippen LogP contribution in [-0.2, 0) is 28.4 Å². The fourth-order valence-corrected chi connectivity index (χ4v) is 4.65. The third-order valence-corrected chi connectivity index (χ3v) is 6.62. The number of alkyl halides is 6. The number of hydrogen-bond donors (Lipinski definition) is 1. The molecule has 0 spiro atoms. The first kappa shape index (κ1) is 27.9. The van der Waals surface area contributed by atoms with E-state index < -0.39 is 40.9 Å². The molecule has 12 heteroatoms. The number of nitrogens with one attached hydrogen (secondary N) is 1. The van der Waals surface area contributed by atoms with Gasteiger partial charge in [0.25, 0.3) is 5.91 Å². The highest BCUT2D eigenvalue weighted by molar-refractivity contribution is 5.96. The second-order valence-electron chi connectivity index (χ2n) is 9.46. The molecule has 2 aliphatic rings. The summed E-state index contributed by atoms with van der Waals surface area (Å²) in [6, 6.07) is 8.15. The van der Waals surface area contributed by atoms with E-state index in [1.165, 1.54) is 0 Å². The van der Waals surface area contributed by atoms with Crippen LogP contribution in [0.15, 0.2) is 42.5 Å². The van der Waals surface area contributed by atoms with E-state index in [1.807, 2.05) is 18.2 Å². The lowest BCUT2D eigenvalue weighted by Crippen LogP contribution is -2.44. The Bertz CT molecular complexity index is 1130.